The molecule has 2 amide bonds. The molecule has 0 spiro atoms. The van der Waals surface area contributed by atoms with Crippen LogP contribution in [0.3, 0.4) is 0 Å². The summed E-state index contributed by atoms with van der Waals surface area (Å²) in [5, 5.41) is 16.7. The van der Waals surface area contributed by atoms with E-state index in [1.54, 1.807) is 48.5 Å². The van der Waals surface area contributed by atoms with Gasteiger partial charge in [-0.3, -0.25) is 29.3 Å². The monoisotopic (exact) mass is 876 g/mol. The predicted octanol–water partition coefficient (Wildman–Crippen LogP) is 6.72. The summed E-state index contributed by atoms with van der Waals surface area (Å²) >= 11 is 0. The molecule has 2 aromatic heterocycles. The highest BCUT2D eigenvalue weighted by Crippen LogP contribution is 2.29. The summed E-state index contributed by atoms with van der Waals surface area (Å²) < 4.78 is 71.1. The van der Waals surface area contributed by atoms with Crippen molar-refractivity contribution in [1.29, 1.82) is 0 Å². The molecule has 0 saturated carbocycles. The van der Waals surface area contributed by atoms with Gasteiger partial charge in [-0.05, 0) is 73.5 Å². The van der Waals surface area contributed by atoms with Crippen molar-refractivity contribution < 1.29 is 35.5 Å². The number of benzene rings is 4. The highest BCUT2D eigenvalue weighted by atomic mass is 32.2. The van der Waals surface area contributed by atoms with Crippen LogP contribution < -0.4 is 31.9 Å². The fourth-order valence-corrected chi connectivity index (χ4v) is 6.61. The molecule has 0 aliphatic rings. The van der Waals surface area contributed by atoms with Gasteiger partial charge in [0.1, 0.15) is 9.79 Å². The zero-order valence-corrected chi connectivity index (χ0v) is 34.3. The zero-order valence-electron chi connectivity index (χ0n) is 32.7. The Hall–Kier alpha value is -7.92. The molecular formula is C40H36N12O8S2. The van der Waals surface area contributed by atoms with E-state index >= 15 is 0 Å². The van der Waals surface area contributed by atoms with Gasteiger partial charge >= 0.3 is 0 Å². The summed E-state index contributed by atoms with van der Waals surface area (Å²) in [6.45, 7) is 10.2. The van der Waals surface area contributed by atoms with Crippen LogP contribution in [0, 0.1) is 0 Å². The number of nitrogens with zero attached hydrogens (tertiary/aromatic N) is 6. The van der Waals surface area contributed by atoms with Crippen molar-refractivity contribution in [3.8, 4) is 0 Å². The number of para-hydroxylation sites is 2. The van der Waals surface area contributed by atoms with E-state index in [1.807, 2.05) is 12.1 Å². The molecule has 0 saturated heterocycles. The average molecular weight is 877 g/mol. The van der Waals surface area contributed by atoms with Gasteiger partial charge < -0.3 is 21.3 Å². The molecule has 2 heterocycles. The van der Waals surface area contributed by atoms with E-state index in [2.05, 4.69) is 75.0 Å². The van der Waals surface area contributed by atoms with E-state index in [1.165, 1.54) is 50.3 Å². The Bertz CT molecular complexity index is 2770. The van der Waals surface area contributed by atoms with Crippen molar-refractivity contribution in [2.24, 2.45) is 0 Å². The van der Waals surface area contributed by atoms with Crippen molar-refractivity contribution in [3.63, 3.8) is 0 Å². The van der Waals surface area contributed by atoms with Gasteiger partial charge in [0.25, 0.3) is 32.1 Å². The molecular weight excluding hydrogens is 841 g/mol. The maximum atomic E-state index is 12.6. The molecule has 0 aliphatic heterocycles. The largest absolute Gasteiger partial charge is 0.324 e. The second-order valence-electron chi connectivity index (χ2n) is 13.1. The van der Waals surface area contributed by atoms with E-state index in [0.29, 0.717) is 11.4 Å². The molecule has 6 rings (SSSR count). The number of aromatic nitrogens is 6. The molecule has 0 fully saturated rings. The molecule has 0 unspecified atom stereocenters. The van der Waals surface area contributed by atoms with Gasteiger partial charge in [0.05, 0.1) is 0 Å². The van der Waals surface area contributed by atoms with E-state index in [9.17, 15) is 35.5 Å². The molecule has 22 heteroatoms. The number of amides is 2. The Morgan fingerprint density at radius 3 is 1.10 bits per heavy atom. The summed E-state index contributed by atoms with van der Waals surface area (Å²) in [6, 6.07) is 25.4. The quantitative estimate of drug-likeness (QED) is 0.0284. The second kappa shape index (κ2) is 18.6. The van der Waals surface area contributed by atoms with Crippen molar-refractivity contribution in [3.05, 3.63) is 132 Å². The zero-order chi connectivity index (χ0) is 44.6. The van der Waals surface area contributed by atoms with Crippen molar-refractivity contribution in [2.75, 3.05) is 31.9 Å². The molecule has 0 atom stereocenters. The lowest BCUT2D eigenvalue weighted by Gasteiger charge is -2.13. The van der Waals surface area contributed by atoms with Gasteiger partial charge in [0, 0.05) is 33.9 Å². The van der Waals surface area contributed by atoms with Crippen LogP contribution in [0.5, 0.6) is 0 Å². The lowest BCUT2D eigenvalue weighted by atomic mass is 10.1. The minimum absolute atomic E-state index is 0.0195. The number of hydrogen-bond donors (Lipinski definition) is 8. The topological polar surface area (TPSA) is 292 Å². The molecule has 20 nitrogen and oxygen atoms in total. The highest BCUT2D eigenvalue weighted by molar-refractivity contribution is 7.86. The number of carbonyl (C=O) groups excluding carboxylic acids is 2. The van der Waals surface area contributed by atoms with Gasteiger partial charge in [-0.25, -0.2) is 0 Å². The van der Waals surface area contributed by atoms with Crippen LogP contribution in [0.2, 0.25) is 0 Å². The number of anilines is 10. The predicted molar refractivity (Wildman–Crippen MR) is 234 cm³/mol. The lowest BCUT2D eigenvalue weighted by molar-refractivity contribution is -0.113. The second-order valence-corrected chi connectivity index (χ2v) is 15.9. The van der Waals surface area contributed by atoms with Crippen molar-refractivity contribution in [1.82, 2.24) is 29.9 Å². The molecule has 8 N–H and O–H groups in total. The Morgan fingerprint density at radius 2 is 0.790 bits per heavy atom. The summed E-state index contributed by atoms with van der Waals surface area (Å²) in [6.07, 6.45) is 2.42. The molecule has 0 radical (unpaired) electrons. The SMILES string of the molecule is C=C(C)C(=O)Nc1nc(Nc2ccccc2)nc(Nc2ccc(/C=C/c3ccc(Nc4nc(NC(=O)C(=C)C)nc(Nc5ccccc5)n4)cc3S(=O)(=O)O)c(S(=O)(=O)O)c2)n1. The van der Waals surface area contributed by atoms with Crippen LogP contribution in [-0.2, 0) is 29.8 Å². The van der Waals surface area contributed by atoms with E-state index < -0.39 is 41.8 Å². The van der Waals surface area contributed by atoms with E-state index in [-0.39, 0.29) is 69.3 Å². The van der Waals surface area contributed by atoms with E-state index in [4.69, 9.17) is 0 Å². The molecule has 6 aromatic rings. The Balaban J connectivity index is 1.29. The maximum Gasteiger partial charge on any atom is 0.295 e. The third-order valence-corrected chi connectivity index (χ3v) is 9.91. The van der Waals surface area contributed by atoms with Gasteiger partial charge in [0.15, 0.2) is 0 Å². The van der Waals surface area contributed by atoms with Gasteiger partial charge in [-0.2, -0.15) is 46.7 Å². The van der Waals surface area contributed by atoms with Gasteiger partial charge in [-0.15, -0.1) is 0 Å². The first kappa shape index (κ1) is 43.7. The van der Waals surface area contributed by atoms with Crippen LogP contribution in [0.15, 0.2) is 131 Å². The van der Waals surface area contributed by atoms with Crippen LogP contribution >= 0.6 is 0 Å². The first-order chi connectivity index (χ1) is 29.4. The first-order valence-electron chi connectivity index (χ1n) is 17.9. The van der Waals surface area contributed by atoms with Gasteiger partial charge in [0.2, 0.25) is 35.7 Å². The molecule has 0 aliphatic carbocycles. The average Bonchev–Trinajstić information content (AvgIpc) is 3.20. The normalized spacial score (nSPS) is 11.4. The summed E-state index contributed by atoms with van der Waals surface area (Å²) in [5.74, 6) is -1.65. The smallest absolute Gasteiger partial charge is 0.295 e. The van der Waals surface area contributed by atoms with Crippen molar-refractivity contribution in [2.45, 2.75) is 23.6 Å². The molecule has 0 bridgehead atoms. The summed E-state index contributed by atoms with van der Waals surface area (Å²) in [4.78, 5) is 49.0. The standard InChI is InChI=1S/C40H36N12O8S2/c1-23(2)33(53)45-39-49-35(41-27-11-7-5-8-12-27)47-37(51-39)43-29-19-17-25(31(21-29)61(55,56)57)15-16-26-18-20-30(22-32(26)62(58,59)60)44-38-48-36(42-28-13-9-6-10-14-28)50-40(52-38)46-34(54)24(3)4/h5-22H,1,3H2,2,4H3,(H,55,56,57)(H,58,59,60)(H3,41,43,45,47,49,51,53)(H3,42,44,46,48,50,52,54)/b16-15+. The van der Waals surface area contributed by atoms with Crippen LogP contribution in [0.4, 0.5) is 58.4 Å². The van der Waals surface area contributed by atoms with E-state index in [0.717, 1.165) is 12.1 Å². The fraction of sp³-hybridized carbons (Fsp3) is 0.0500. The minimum atomic E-state index is -4.91. The summed E-state index contributed by atoms with van der Waals surface area (Å²) in [7, 11) is -9.82. The first-order valence-corrected chi connectivity index (χ1v) is 20.8. The van der Waals surface area contributed by atoms with Crippen LogP contribution in [0.1, 0.15) is 25.0 Å². The van der Waals surface area contributed by atoms with Crippen LogP contribution in [0.25, 0.3) is 12.2 Å². The minimum Gasteiger partial charge on any atom is -0.324 e. The van der Waals surface area contributed by atoms with Gasteiger partial charge in [-0.1, -0.05) is 73.8 Å². The fourth-order valence-electron chi connectivity index (χ4n) is 5.19. The third kappa shape index (κ3) is 11.9. The molecule has 4 aromatic carbocycles. The Labute approximate surface area is 354 Å². The summed E-state index contributed by atoms with van der Waals surface area (Å²) in [5.41, 5.74) is 1.60. The lowest BCUT2D eigenvalue weighted by Crippen LogP contribution is -2.16. The van der Waals surface area contributed by atoms with Crippen LogP contribution in [-0.4, -0.2) is 67.7 Å². The molecule has 62 heavy (non-hydrogen) atoms. The number of nitrogens with one attached hydrogen (secondary N) is 6. The van der Waals surface area contributed by atoms with Crippen molar-refractivity contribution >= 4 is 103 Å². The highest BCUT2D eigenvalue weighted by Gasteiger charge is 2.20. The number of hydrogen-bond acceptors (Lipinski definition) is 16. The molecule has 316 valence electrons. The Kier molecular flexibility index (Phi) is 13.1. The third-order valence-electron chi connectivity index (χ3n) is 8.09. The number of rotatable bonds is 16. The Morgan fingerprint density at radius 1 is 0.484 bits per heavy atom. The maximum absolute atomic E-state index is 12.6. The number of carbonyl (C=O) groups is 2.